The second-order valence-electron chi connectivity index (χ2n) is 6.32. The van der Waals surface area contributed by atoms with Gasteiger partial charge in [-0.3, -0.25) is 0 Å². The van der Waals surface area contributed by atoms with Gasteiger partial charge in [-0.1, -0.05) is 25.4 Å². The SMILES string of the molecule is CCC(CC)Oc1nc(C)nc2c(-c3c(C)cc(Cl)cc3C)cnn12. The normalized spacial score (nSPS) is 11.5. The van der Waals surface area contributed by atoms with Crippen LogP contribution < -0.4 is 4.74 Å². The lowest BCUT2D eigenvalue weighted by Crippen LogP contribution is -2.17. The molecule has 2 aromatic heterocycles. The molecule has 0 N–H and O–H groups in total. The predicted octanol–water partition coefficient (Wildman–Crippen LogP) is 4.94. The van der Waals surface area contributed by atoms with E-state index in [0.29, 0.717) is 11.8 Å². The van der Waals surface area contributed by atoms with Gasteiger partial charge in [-0.2, -0.15) is 14.6 Å². The molecule has 0 aliphatic carbocycles. The van der Waals surface area contributed by atoms with Gasteiger partial charge in [0, 0.05) is 10.6 Å². The molecule has 25 heavy (non-hydrogen) atoms. The molecule has 0 fully saturated rings. The van der Waals surface area contributed by atoms with Crippen LogP contribution in [-0.4, -0.2) is 25.7 Å². The van der Waals surface area contributed by atoms with Crippen LogP contribution in [0.25, 0.3) is 16.8 Å². The first-order valence-electron chi connectivity index (χ1n) is 8.60. The van der Waals surface area contributed by atoms with Crippen LogP contribution in [0.4, 0.5) is 0 Å². The Morgan fingerprint density at radius 2 is 1.72 bits per heavy atom. The first kappa shape index (κ1) is 17.7. The van der Waals surface area contributed by atoms with Gasteiger partial charge in [-0.25, -0.2) is 4.98 Å². The molecule has 0 spiro atoms. The summed E-state index contributed by atoms with van der Waals surface area (Å²) in [7, 11) is 0. The molecule has 2 heterocycles. The van der Waals surface area contributed by atoms with Crippen LogP contribution in [-0.2, 0) is 0 Å². The topological polar surface area (TPSA) is 52.3 Å². The van der Waals surface area contributed by atoms with Gasteiger partial charge in [0.1, 0.15) is 11.9 Å². The van der Waals surface area contributed by atoms with E-state index in [1.54, 1.807) is 4.52 Å². The molecule has 0 unspecified atom stereocenters. The van der Waals surface area contributed by atoms with E-state index in [1.165, 1.54) is 0 Å². The van der Waals surface area contributed by atoms with Gasteiger partial charge < -0.3 is 4.74 Å². The van der Waals surface area contributed by atoms with Crippen molar-refractivity contribution in [3.05, 3.63) is 40.3 Å². The summed E-state index contributed by atoms with van der Waals surface area (Å²) in [6.45, 7) is 10.2. The van der Waals surface area contributed by atoms with E-state index in [2.05, 4.69) is 28.9 Å². The summed E-state index contributed by atoms with van der Waals surface area (Å²) in [5, 5.41) is 5.23. The molecule has 0 radical (unpaired) electrons. The van der Waals surface area contributed by atoms with Crippen LogP contribution in [0.3, 0.4) is 0 Å². The average molecular weight is 359 g/mol. The van der Waals surface area contributed by atoms with Gasteiger partial charge in [0.2, 0.25) is 0 Å². The third-order valence-electron chi connectivity index (χ3n) is 4.40. The second-order valence-corrected chi connectivity index (χ2v) is 6.75. The zero-order valence-corrected chi connectivity index (χ0v) is 16.1. The lowest BCUT2D eigenvalue weighted by Gasteiger charge is -2.15. The number of hydrogen-bond acceptors (Lipinski definition) is 4. The zero-order chi connectivity index (χ0) is 18.1. The molecule has 3 rings (SSSR count). The lowest BCUT2D eigenvalue weighted by atomic mass is 9.98. The first-order chi connectivity index (χ1) is 11.9. The van der Waals surface area contributed by atoms with E-state index in [9.17, 15) is 0 Å². The molecule has 3 aromatic rings. The van der Waals surface area contributed by atoms with Crippen molar-refractivity contribution in [1.29, 1.82) is 0 Å². The Hall–Kier alpha value is -2.14. The maximum Gasteiger partial charge on any atom is 0.321 e. The highest BCUT2D eigenvalue weighted by molar-refractivity contribution is 6.30. The number of aromatic nitrogens is 4. The molecule has 0 saturated heterocycles. The van der Waals surface area contributed by atoms with Crippen molar-refractivity contribution < 1.29 is 4.74 Å². The molecule has 1 aromatic carbocycles. The minimum Gasteiger partial charge on any atom is -0.460 e. The average Bonchev–Trinajstić information content (AvgIpc) is 2.95. The fourth-order valence-corrected chi connectivity index (χ4v) is 3.47. The third kappa shape index (κ3) is 3.33. The van der Waals surface area contributed by atoms with E-state index >= 15 is 0 Å². The number of benzene rings is 1. The highest BCUT2D eigenvalue weighted by Gasteiger charge is 2.18. The van der Waals surface area contributed by atoms with Crippen LogP contribution in [0.15, 0.2) is 18.3 Å². The Labute approximate surface area is 153 Å². The van der Waals surface area contributed by atoms with Gasteiger partial charge in [0.25, 0.3) is 0 Å². The Kier molecular flexibility index (Phi) is 4.95. The molecule has 0 bridgehead atoms. The molecular formula is C19H23ClN4O. The lowest BCUT2D eigenvalue weighted by molar-refractivity contribution is 0.170. The maximum absolute atomic E-state index is 6.18. The smallest absolute Gasteiger partial charge is 0.321 e. The summed E-state index contributed by atoms with van der Waals surface area (Å²) in [6, 6.07) is 4.42. The van der Waals surface area contributed by atoms with Crippen molar-refractivity contribution in [2.24, 2.45) is 0 Å². The summed E-state index contributed by atoms with van der Waals surface area (Å²) in [4.78, 5) is 9.06. The Bertz CT molecular complexity index is 892. The number of hydrogen-bond donors (Lipinski definition) is 0. The zero-order valence-electron chi connectivity index (χ0n) is 15.3. The third-order valence-corrected chi connectivity index (χ3v) is 4.62. The van der Waals surface area contributed by atoms with E-state index in [-0.39, 0.29) is 6.10 Å². The minimum atomic E-state index is 0.115. The molecule has 0 saturated carbocycles. The van der Waals surface area contributed by atoms with Crippen LogP contribution in [0.1, 0.15) is 43.6 Å². The number of ether oxygens (including phenoxy) is 1. The number of aryl methyl sites for hydroxylation is 3. The molecule has 0 amide bonds. The van der Waals surface area contributed by atoms with E-state index in [0.717, 1.165) is 45.8 Å². The second kappa shape index (κ2) is 7.00. The number of rotatable bonds is 5. The van der Waals surface area contributed by atoms with Crippen LogP contribution in [0.5, 0.6) is 6.01 Å². The summed E-state index contributed by atoms with van der Waals surface area (Å²) in [6.07, 6.45) is 3.78. The fourth-order valence-electron chi connectivity index (χ4n) is 3.15. The van der Waals surface area contributed by atoms with E-state index < -0.39 is 0 Å². The van der Waals surface area contributed by atoms with Crippen LogP contribution >= 0.6 is 11.6 Å². The van der Waals surface area contributed by atoms with Crippen molar-refractivity contribution >= 4 is 17.2 Å². The van der Waals surface area contributed by atoms with Crippen molar-refractivity contribution in [2.75, 3.05) is 0 Å². The largest absolute Gasteiger partial charge is 0.460 e. The standard InChI is InChI=1S/C19H23ClN4O/c1-6-15(7-2)25-19-23-13(5)22-18-16(10-21-24(18)19)17-11(3)8-14(20)9-12(17)4/h8-10,15H,6-7H2,1-5H3. The molecular weight excluding hydrogens is 336 g/mol. The molecule has 6 heteroatoms. The molecule has 132 valence electrons. The monoisotopic (exact) mass is 358 g/mol. The van der Waals surface area contributed by atoms with Gasteiger partial charge in [-0.15, -0.1) is 0 Å². The fraction of sp³-hybridized carbons (Fsp3) is 0.421. The van der Waals surface area contributed by atoms with Gasteiger partial charge in [0.15, 0.2) is 5.65 Å². The van der Waals surface area contributed by atoms with Crippen LogP contribution in [0.2, 0.25) is 5.02 Å². The summed E-state index contributed by atoms with van der Waals surface area (Å²) < 4.78 is 7.75. The van der Waals surface area contributed by atoms with Crippen molar-refractivity contribution in [2.45, 2.75) is 53.6 Å². The summed E-state index contributed by atoms with van der Waals surface area (Å²) in [5.74, 6) is 0.666. The Balaban J connectivity index is 2.19. The molecule has 0 atom stereocenters. The quantitative estimate of drug-likeness (QED) is 0.648. The molecule has 0 aliphatic heterocycles. The number of fused-ring (bicyclic) bond motifs is 1. The van der Waals surface area contributed by atoms with E-state index in [1.807, 2.05) is 39.1 Å². The molecule has 5 nitrogen and oxygen atoms in total. The maximum atomic E-state index is 6.18. The predicted molar refractivity (Wildman–Crippen MR) is 100 cm³/mol. The minimum absolute atomic E-state index is 0.115. The molecule has 0 aliphatic rings. The highest BCUT2D eigenvalue weighted by Crippen LogP contribution is 2.33. The van der Waals surface area contributed by atoms with Crippen molar-refractivity contribution in [1.82, 2.24) is 19.6 Å². The Morgan fingerprint density at radius 3 is 2.32 bits per heavy atom. The van der Waals surface area contributed by atoms with Crippen molar-refractivity contribution in [3.8, 4) is 17.1 Å². The van der Waals surface area contributed by atoms with Gasteiger partial charge in [0.05, 0.1) is 6.20 Å². The van der Waals surface area contributed by atoms with Gasteiger partial charge >= 0.3 is 6.01 Å². The number of nitrogens with zero attached hydrogens (tertiary/aromatic N) is 4. The summed E-state index contributed by atoms with van der Waals surface area (Å²) in [5.41, 5.74) is 5.01. The van der Waals surface area contributed by atoms with Crippen LogP contribution in [0, 0.1) is 20.8 Å². The Morgan fingerprint density at radius 1 is 1.08 bits per heavy atom. The highest BCUT2D eigenvalue weighted by atomic mass is 35.5. The van der Waals surface area contributed by atoms with Crippen molar-refractivity contribution in [3.63, 3.8) is 0 Å². The first-order valence-corrected chi connectivity index (χ1v) is 8.98. The number of halogens is 1. The summed E-state index contributed by atoms with van der Waals surface area (Å²) >= 11 is 6.18. The van der Waals surface area contributed by atoms with E-state index in [4.69, 9.17) is 16.3 Å². The van der Waals surface area contributed by atoms with Gasteiger partial charge in [-0.05, 0) is 62.4 Å².